The largest absolute Gasteiger partial charge is 0.444 e. The van der Waals surface area contributed by atoms with Crippen LogP contribution < -0.4 is 5.32 Å². The van der Waals surface area contributed by atoms with Crippen molar-refractivity contribution in [1.82, 2.24) is 10.3 Å². The molecular formula is C13H14BrClN2O. The first-order valence-electron chi connectivity index (χ1n) is 5.69. The van der Waals surface area contributed by atoms with E-state index in [9.17, 15) is 0 Å². The second-order valence-corrected chi connectivity index (χ2v) is 5.59. The SMILES string of the molecule is CC(C)NCc1coc(-c2cc(Cl)ccc2Br)n1. The van der Waals surface area contributed by atoms with Crippen molar-refractivity contribution in [3.8, 4) is 11.5 Å². The zero-order chi connectivity index (χ0) is 13.1. The number of oxazole rings is 1. The van der Waals surface area contributed by atoms with E-state index in [-0.39, 0.29) is 0 Å². The van der Waals surface area contributed by atoms with E-state index in [0.29, 0.717) is 23.5 Å². The molecule has 0 amide bonds. The summed E-state index contributed by atoms with van der Waals surface area (Å²) in [7, 11) is 0. The van der Waals surface area contributed by atoms with E-state index in [0.717, 1.165) is 15.7 Å². The molecule has 3 nitrogen and oxygen atoms in total. The molecule has 0 aliphatic heterocycles. The zero-order valence-corrected chi connectivity index (χ0v) is 12.5. The first-order valence-corrected chi connectivity index (χ1v) is 6.86. The van der Waals surface area contributed by atoms with E-state index >= 15 is 0 Å². The summed E-state index contributed by atoms with van der Waals surface area (Å²) in [4.78, 5) is 4.44. The monoisotopic (exact) mass is 328 g/mol. The predicted molar refractivity (Wildman–Crippen MR) is 76.6 cm³/mol. The highest BCUT2D eigenvalue weighted by atomic mass is 79.9. The van der Waals surface area contributed by atoms with Crippen LogP contribution in [0.5, 0.6) is 0 Å². The van der Waals surface area contributed by atoms with Crippen molar-refractivity contribution in [1.29, 1.82) is 0 Å². The molecule has 0 saturated heterocycles. The van der Waals surface area contributed by atoms with Gasteiger partial charge in [-0.1, -0.05) is 25.4 Å². The molecule has 2 rings (SSSR count). The van der Waals surface area contributed by atoms with E-state index in [1.54, 1.807) is 6.26 Å². The minimum absolute atomic E-state index is 0.419. The number of halogens is 2. The summed E-state index contributed by atoms with van der Waals surface area (Å²) in [5, 5.41) is 3.95. The average molecular weight is 330 g/mol. The maximum atomic E-state index is 5.97. The quantitative estimate of drug-likeness (QED) is 0.911. The molecule has 5 heteroatoms. The highest BCUT2D eigenvalue weighted by Gasteiger charge is 2.11. The van der Waals surface area contributed by atoms with Gasteiger partial charge in [-0.2, -0.15) is 0 Å². The zero-order valence-electron chi connectivity index (χ0n) is 10.2. The van der Waals surface area contributed by atoms with E-state index in [2.05, 4.69) is 40.1 Å². The third-order valence-electron chi connectivity index (χ3n) is 2.40. The molecule has 0 aliphatic rings. The third kappa shape index (κ3) is 3.34. The van der Waals surface area contributed by atoms with Gasteiger partial charge in [-0.15, -0.1) is 0 Å². The topological polar surface area (TPSA) is 38.1 Å². The van der Waals surface area contributed by atoms with Gasteiger partial charge in [-0.3, -0.25) is 0 Å². The Morgan fingerprint density at radius 2 is 2.22 bits per heavy atom. The molecule has 18 heavy (non-hydrogen) atoms. The Hall–Kier alpha value is -0.840. The van der Waals surface area contributed by atoms with Crippen LogP contribution in [-0.4, -0.2) is 11.0 Å². The normalized spacial score (nSPS) is 11.2. The van der Waals surface area contributed by atoms with Gasteiger partial charge < -0.3 is 9.73 Å². The Labute approximate surface area is 120 Å². The molecule has 0 aliphatic carbocycles. The fraction of sp³-hybridized carbons (Fsp3) is 0.308. The van der Waals surface area contributed by atoms with Gasteiger partial charge in [0.25, 0.3) is 0 Å². The molecule has 0 bridgehead atoms. The van der Waals surface area contributed by atoms with Crippen molar-refractivity contribution >= 4 is 27.5 Å². The fourth-order valence-electron chi connectivity index (χ4n) is 1.48. The maximum Gasteiger partial charge on any atom is 0.227 e. The Kier molecular flexibility index (Phi) is 4.43. The highest BCUT2D eigenvalue weighted by Crippen LogP contribution is 2.30. The van der Waals surface area contributed by atoms with Crippen LogP contribution in [0.2, 0.25) is 5.02 Å². The number of hydrogen-bond acceptors (Lipinski definition) is 3. The first-order chi connectivity index (χ1) is 8.56. The predicted octanol–water partition coefficient (Wildman–Crippen LogP) is 4.26. The number of benzene rings is 1. The van der Waals surface area contributed by atoms with Gasteiger partial charge in [0, 0.05) is 22.1 Å². The molecule has 0 atom stereocenters. The van der Waals surface area contributed by atoms with Crippen LogP contribution in [0.1, 0.15) is 19.5 Å². The van der Waals surface area contributed by atoms with Crippen LogP contribution >= 0.6 is 27.5 Å². The highest BCUT2D eigenvalue weighted by molar-refractivity contribution is 9.10. The number of nitrogens with zero attached hydrogens (tertiary/aromatic N) is 1. The lowest BCUT2D eigenvalue weighted by Gasteiger charge is -2.04. The van der Waals surface area contributed by atoms with Gasteiger partial charge >= 0.3 is 0 Å². The molecule has 0 fully saturated rings. The smallest absolute Gasteiger partial charge is 0.227 e. The summed E-state index contributed by atoms with van der Waals surface area (Å²) in [5.74, 6) is 0.574. The molecule has 0 saturated carbocycles. The lowest BCUT2D eigenvalue weighted by atomic mass is 10.2. The molecule has 0 unspecified atom stereocenters. The maximum absolute atomic E-state index is 5.97. The molecule has 1 aromatic heterocycles. The Balaban J connectivity index is 2.21. The van der Waals surface area contributed by atoms with Crippen LogP contribution in [0.3, 0.4) is 0 Å². The Morgan fingerprint density at radius 3 is 2.94 bits per heavy atom. The fourth-order valence-corrected chi connectivity index (χ4v) is 2.07. The van der Waals surface area contributed by atoms with Gasteiger partial charge in [0.1, 0.15) is 6.26 Å². The minimum atomic E-state index is 0.419. The molecule has 0 spiro atoms. The second-order valence-electron chi connectivity index (χ2n) is 4.30. The molecule has 1 N–H and O–H groups in total. The van der Waals surface area contributed by atoms with Crippen molar-refractivity contribution in [3.05, 3.63) is 39.7 Å². The van der Waals surface area contributed by atoms with Gasteiger partial charge in [0.15, 0.2) is 0 Å². The van der Waals surface area contributed by atoms with Crippen molar-refractivity contribution in [3.63, 3.8) is 0 Å². The van der Waals surface area contributed by atoms with Crippen LogP contribution in [-0.2, 0) is 6.54 Å². The summed E-state index contributed by atoms with van der Waals surface area (Å²) in [6.07, 6.45) is 1.66. The number of aromatic nitrogens is 1. The average Bonchev–Trinajstić information content (AvgIpc) is 2.78. The second kappa shape index (κ2) is 5.87. The Bertz CT molecular complexity index is 540. The number of nitrogens with one attached hydrogen (secondary N) is 1. The van der Waals surface area contributed by atoms with Gasteiger partial charge in [0.05, 0.1) is 11.3 Å². The van der Waals surface area contributed by atoms with Crippen LogP contribution in [0.4, 0.5) is 0 Å². The Morgan fingerprint density at radius 1 is 1.44 bits per heavy atom. The summed E-state index contributed by atoms with van der Waals surface area (Å²) in [6, 6.07) is 5.95. The van der Waals surface area contributed by atoms with E-state index in [1.165, 1.54) is 0 Å². The standard InChI is InChI=1S/C13H14BrClN2O/c1-8(2)16-6-10-7-18-13(17-10)11-5-9(15)3-4-12(11)14/h3-5,7-8,16H,6H2,1-2H3. The van der Waals surface area contributed by atoms with E-state index in [4.69, 9.17) is 16.0 Å². The van der Waals surface area contributed by atoms with E-state index in [1.807, 2.05) is 18.2 Å². The number of rotatable bonds is 4. The van der Waals surface area contributed by atoms with Crippen LogP contribution in [0, 0.1) is 0 Å². The third-order valence-corrected chi connectivity index (χ3v) is 3.33. The van der Waals surface area contributed by atoms with Crippen molar-refractivity contribution in [2.75, 3.05) is 0 Å². The van der Waals surface area contributed by atoms with Gasteiger partial charge in [-0.25, -0.2) is 4.98 Å². The summed E-state index contributed by atoms with van der Waals surface area (Å²) in [5.41, 5.74) is 1.74. The molecule has 1 heterocycles. The lowest BCUT2D eigenvalue weighted by Crippen LogP contribution is -2.21. The molecule has 2 aromatic rings. The number of hydrogen-bond donors (Lipinski definition) is 1. The summed E-state index contributed by atoms with van der Waals surface area (Å²) >= 11 is 9.44. The summed E-state index contributed by atoms with van der Waals surface area (Å²) < 4.78 is 6.39. The minimum Gasteiger partial charge on any atom is -0.444 e. The van der Waals surface area contributed by atoms with Crippen molar-refractivity contribution in [2.24, 2.45) is 0 Å². The van der Waals surface area contributed by atoms with E-state index < -0.39 is 0 Å². The van der Waals surface area contributed by atoms with Crippen LogP contribution in [0.25, 0.3) is 11.5 Å². The molecule has 0 radical (unpaired) electrons. The molecule has 1 aromatic carbocycles. The summed E-state index contributed by atoms with van der Waals surface area (Å²) in [6.45, 7) is 4.88. The first kappa shape index (κ1) is 13.6. The lowest BCUT2D eigenvalue weighted by molar-refractivity contribution is 0.560. The van der Waals surface area contributed by atoms with Crippen molar-refractivity contribution in [2.45, 2.75) is 26.4 Å². The molecular weight excluding hydrogens is 316 g/mol. The molecule has 96 valence electrons. The van der Waals surface area contributed by atoms with Crippen LogP contribution in [0.15, 0.2) is 33.4 Å². The van der Waals surface area contributed by atoms with Crippen molar-refractivity contribution < 1.29 is 4.42 Å². The van der Waals surface area contributed by atoms with Gasteiger partial charge in [0.2, 0.25) is 5.89 Å². The van der Waals surface area contributed by atoms with Gasteiger partial charge in [-0.05, 0) is 34.1 Å².